The number of aryl methyl sites for hydroxylation is 2. The van der Waals surface area contributed by atoms with Crippen molar-refractivity contribution in [3.8, 4) is 11.1 Å². The number of carbonyl (C=O) groups excluding carboxylic acids is 2. The van der Waals surface area contributed by atoms with Crippen LogP contribution in [0.25, 0.3) is 31.6 Å². The number of thioether (sulfide) groups is 1. The van der Waals surface area contributed by atoms with Crippen molar-refractivity contribution in [3.05, 3.63) is 68.8 Å². The van der Waals surface area contributed by atoms with E-state index in [4.69, 9.17) is 4.74 Å². The van der Waals surface area contributed by atoms with Crippen LogP contribution in [0.15, 0.2) is 51.7 Å². The van der Waals surface area contributed by atoms with Crippen molar-refractivity contribution in [2.75, 3.05) is 17.7 Å². The second-order valence-electron chi connectivity index (χ2n) is 9.15. The lowest BCUT2D eigenvalue weighted by molar-refractivity contribution is -0.113. The van der Waals surface area contributed by atoms with Crippen LogP contribution >= 0.6 is 34.4 Å². The fourth-order valence-corrected chi connectivity index (χ4v) is 7.31. The molecule has 0 fully saturated rings. The van der Waals surface area contributed by atoms with E-state index in [-0.39, 0.29) is 17.2 Å². The number of thiazole rings is 1. The third-order valence-electron chi connectivity index (χ3n) is 6.57. The maximum Gasteiger partial charge on any atom is 0.338 e. The number of aromatic amines is 1. The first-order valence-corrected chi connectivity index (χ1v) is 15.3. The van der Waals surface area contributed by atoms with Crippen molar-refractivity contribution in [1.29, 1.82) is 0 Å². The fraction of sp³-hybridized carbons (Fsp3) is 0.250. The predicted molar refractivity (Wildman–Crippen MR) is 157 cm³/mol. The summed E-state index contributed by atoms with van der Waals surface area (Å²) < 4.78 is 5.81. The maximum atomic E-state index is 13.1. The highest BCUT2D eigenvalue weighted by Crippen LogP contribution is 2.34. The van der Waals surface area contributed by atoms with E-state index in [1.807, 2.05) is 5.38 Å². The maximum absolute atomic E-state index is 13.1. The summed E-state index contributed by atoms with van der Waals surface area (Å²) in [7, 11) is 0. The summed E-state index contributed by atoms with van der Waals surface area (Å²) in [4.78, 5) is 50.2. The van der Waals surface area contributed by atoms with Gasteiger partial charge in [0.05, 0.1) is 33.5 Å². The lowest BCUT2D eigenvalue weighted by Crippen LogP contribution is -2.15. The Morgan fingerprint density at radius 1 is 1.10 bits per heavy atom. The van der Waals surface area contributed by atoms with Gasteiger partial charge in [0.2, 0.25) is 5.91 Å². The summed E-state index contributed by atoms with van der Waals surface area (Å²) in [6.45, 7) is 2.06. The molecule has 198 valence electrons. The Morgan fingerprint density at radius 3 is 2.79 bits per heavy atom. The number of thiophene rings is 1. The van der Waals surface area contributed by atoms with Gasteiger partial charge in [0.25, 0.3) is 5.56 Å². The molecular formula is C28H24N4O4S3. The number of hydrogen-bond acceptors (Lipinski definition) is 9. The molecular weight excluding hydrogens is 553 g/mol. The van der Waals surface area contributed by atoms with E-state index in [0.29, 0.717) is 38.2 Å². The summed E-state index contributed by atoms with van der Waals surface area (Å²) >= 11 is 3.87. The van der Waals surface area contributed by atoms with Crippen LogP contribution in [0, 0.1) is 0 Å². The number of amides is 1. The van der Waals surface area contributed by atoms with Crippen LogP contribution in [0.2, 0.25) is 0 Å². The van der Waals surface area contributed by atoms with Gasteiger partial charge >= 0.3 is 5.97 Å². The molecule has 0 bridgehead atoms. The topological polar surface area (TPSA) is 114 Å². The first kappa shape index (κ1) is 25.7. The first-order chi connectivity index (χ1) is 19.0. The monoisotopic (exact) mass is 576 g/mol. The summed E-state index contributed by atoms with van der Waals surface area (Å²) in [5.41, 5.74) is 5.62. The molecule has 0 aliphatic heterocycles. The van der Waals surface area contributed by atoms with Gasteiger partial charge in [0.1, 0.15) is 4.83 Å². The molecule has 1 aliphatic rings. The number of anilines is 1. The van der Waals surface area contributed by atoms with E-state index < -0.39 is 5.97 Å². The van der Waals surface area contributed by atoms with Crippen LogP contribution in [-0.2, 0) is 22.4 Å². The largest absolute Gasteiger partial charge is 0.462 e. The van der Waals surface area contributed by atoms with Crippen LogP contribution in [0.5, 0.6) is 0 Å². The first-order valence-electron chi connectivity index (χ1n) is 12.6. The van der Waals surface area contributed by atoms with Crippen LogP contribution in [-0.4, -0.2) is 39.2 Å². The number of ether oxygens (including phenoxy) is 1. The standard InChI is InChI=1S/C28H24N4O4S3/c1-2-36-26(35)18-9-10-20-21(12-18)39-28(29-20)30-22(33)14-38-27-31-24(34)23-19(13-37-25(23)32-27)17-8-7-15-5-3-4-6-16(15)11-17/h7-13H,2-6,14H2,1H3,(H,29,30,33)(H,31,32,34). The molecule has 6 rings (SSSR count). The zero-order valence-corrected chi connectivity index (χ0v) is 23.5. The van der Waals surface area contributed by atoms with Crippen LogP contribution in [0.4, 0.5) is 5.13 Å². The number of nitrogens with zero attached hydrogens (tertiary/aromatic N) is 2. The Labute approximate surface area is 235 Å². The van der Waals surface area contributed by atoms with Crippen molar-refractivity contribution < 1.29 is 14.3 Å². The van der Waals surface area contributed by atoms with E-state index in [1.165, 1.54) is 46.6 Å². The number of aromatic nitrogens is 3. The van der Waals surface area contributed by atoms with Crippen molar-refractivity contribution in [2.45, 2.75) is 37.8 Å². The molecule has 8 nitrogen and oxygen atoms in total. The van der Waals surface area contributed by atoms with E-state index in [0.717, 1.165) is 40.4 Å². The number of hydrogen-bond donors (Lipinski definition) is 2. The lowest BCUT2D eigenvalue weighted by atomic mass is 9.89. The van der Waals surface area contributed by atoms with Gasteiger partial charge in [-0.15, -0.1) is 11.3 Å². The molecule has 39 heavy (non-hydrogen) atoms. The smallest absolute Gasteiger partial charge is 0.338 e. The Balaban J connectivity index is 1.14. The number of H-pyrrole nitrogens is 1. The minimum absolute atomic E-state index is 0.0570. The lowest BCUT2D eigenvalue weighted by Gasteiger charge is -2.16. The van der Waals surface area contributed by atoms with Gasteiger partial charge in [0.15, 0.2) is 10.3 Å². The highest BCUT2D eigenvalue weighted by molar-refractivity contribution is 7.99. The van der Waals surface area contributed by atoms with Crippen molar-refractivity contribution in [1.82, 2.24) is 15.0 Å². The highest BCUT2D eigenvalue weighted by Gasteiger charge is 2.17. The third-order valence-corrected chi connectivity index (χ3v) is 9.25. The number of nitrogens with one attached hydrogen (secondary N) is 2. The van der Waals surface area contributed by atoms with E-state index >= 15 is 0 Å². The number of benzene rings is 2. The SMILES string of the molecule is CCOC(=O)c1ccc2nc(NC(=O)CSc3nc4scc(-c5ccc6c(c5)CCCC6)c4c(=O)[nH]3)sc2c1. The molecule has 3 heterocycles. The summed E-state index contributed by atoms with van der Waals surface area (Å²) in [5, 5.41) is 6.19. The highest BCUT2D eigenvalue weighted by atomic mass is 32.2. The fourth-order valence-electron chi connectivity index (χ4n) is 4.72. The minimum Gasteiger partial charge on any atom is -0.462 e. The molecule has 0 unspecified atom stereocenters. The second kappa shape index (κ2) is 10.9. The average Bonchev–Trinajstić information content (AvgIpc) is 3.55. The Morgan fingerprint density at radius 2 is 1.95 bits per heavy atom. The average molecular weight is 577 g/mol. The molecule has 1 aliphatic carbocycles. The third kappa shape index (κ3) is 5.34. The van der Waals surface area contributed by atoms with Gasteiger partial charge in [-0.05, 0) is 67.5 Å². The Hall–Kier alpha value is -3.54. The number of esters is 1. The summed E-state index contributed by atoms with van der Waals surface area (Å²) in [5.74, 6) is -0.608. The van der Waals surface area contributed by atoms with Crippen molar-refractivity contribution in [3.63, 3.8) is 0 Å². The summed E-state index contributed by atoms with van der Waals surface area (Å²) in [6.07, 6.45) is 4.63. The van der Waals surface area contributed by atoms with E-state index in [1.54, 1.807) is 25.1 Å². The van der Waals surface area contributed by atoms with Crippen LogP contribution in [0.1, 0.15) is 41.3 Å². The van der Waals surface area contributed by atoms with E-state index in [9.17, 15) is 14.4 Å². The molecule has 11 heteroatoms. The van der Waals surface area contributed by atoms with Crippen LogP contribution in [0.3, 0.4) is 0 Å². The molecule has 0 saturated carbocycles. The molecule has 3 aromatic heterocycles. The van der Waals surface area contributed by atoms with Gasteiger partial charge in [-0.3, -0.25) is 9.59 Å². The molecule has 0 saturated heterocycles. The zero-order valence-electron chi connectivity index (χ0n) is 21.0. The van der Waals surface area contributed by atoms with Gasteiger partial charge in [0, 0.05) is 10.9 Å². The molecule has 1 amide bonds. The number of fused-ring (bicyclic) bond motifs is 3. The predicted octanol–water partition coefficient (Wildman–Crippen LogP) is 6.05. The number of carbonyl (C=O) groups is 2. The quantitative estimate of drug-likeness (QED) is 0.138. The normalized spacial score (nSPS) is 12.9. The molecule has 2 aromatic carbocycles. The number of rotatable bonds is 7. The summed E-state index contributed by atoms with van der Waals surface area (Å²) in [6, 6.07) is 11.6. The molecule has 5 aromatic rings. The van der Waals surface area contributed by atoms with Gasteiger partial charge in [-0.1, -0.05) is 41.3 Å². The van der Waals surface area contributed by atoms with E-state index in [2.05, 4.69) is 38.5 Å². The molecule has 0 spiro atoms. The van der Waals surface area contributed by atoms with Crippen molar-refractivity contribution >= 4 is 71.9 Å². The molecule has 2 N–H and O–H groups in total. The van der Waals surface area contributed by atoms with Gasteiger partial charge in [-0.2, -0.15) is 0 Å². The Kier molecular flexibility index (Phi) is 7.20. The second-order valence-corrected chi connectivity index (χ2v) is 12.0. The van der Waals surface area contributed by atoms with Crippen LogP contribution < -0.4 is 10.9 Å². The molecule has 0 radical (unpaired) electrons. The van der Waals surface area contributed by atoms with Gasteiger partial charge < -0.3 is 15.0 Å². The Bertz CT molecular complexity index is 1790. The molecule has 0 atom stereocenters. The zero-order chi connectivity index (χ0) is 26.9. The minimum atomic E-state index is -0.395. The van der Waals surface area contributed by atoms with Crippen molar-refractivity contribution in [2.24, 2.45) is 0 Å². The van der Waals surface area contributed by atoms with Gasteiger partial charge in [-0.25, -0.2) is 14.8 Å².